The standard InChI is InChI=1S/C40H50FN7O9/c1-3-43-37(54)40(13-5-6-14-40)33(49)20-26(8-7-15-44-38(42)55)35(51)45-27-11-9-25(10-12-27)24-57-39(56)48-18-16-47(17-19-48)32-22-31-28(21-30(32)41)34(50)29(36(52)53)23-46(31)4-2/h9-12,21-23,26H,3-8,13-20,24H2,1-2H3,(H,43,54)(H,45,51)(H,52,53)(H3,42,44,55)/t26-/m1/s1. The van der Waals surface area contributed by atoms with Crippen molar-refractivity contribution >= 4 is 58.0 Å². The van der Waals surface area contributed by atoms with Gasteiger partial charge in [-0.25, -0.2) is 18.8 Å². The van der Waals surface area contributed by atoms with Crippen molar-refractivity contribution in [2.45, 2.75) is 71.9 Å². The highest BCUT2D eigenvalue weighted by molar-refractivity contribution is 6.08. The molecule has 306 valence electrons. The van der Waals surface area contributed by atoms with Crippen molar-refractivity contribution in [3.8, 4) is 0 Å². The molecule has 3 aromatic rings. The molecule has 2 aromatic carbocycles. The Morgan fingerprint density at radius 1 is 0.982 bits per heavy atom. The summed E-state index contributed by atoms with van der Waals surface area (Å²) in [6, 6.07) is 8.60. The molecule has 1 atom stereocenters. The van der Waals surface area contributed by atoms with Gasteiger partial charge in [0.05, 0.1) is 11.2 Å². The minimum Gasteiger partial charge on any atom is -0.477 e. The van der Waals surface area contributed by atoms with E-state index in [1.165, 1.54) is 17.2 Å². The number of piperazine rings is 1. The number of anilines is 2. The number of carbonyl (C=O) groups excluding carboxylic acids is 5. The zero-order valence-corrected chi connectivity index (χ0v) is 32.2. The summed E-state index contributed by atoms with van der Waals surface area (Å²) in [7, 11) is 0. The summed E-state index contributed by atoms with van der Waals surface area (Å²) >= 11 is 0. The lowest BCUT2D eigenvalue weighted by Crippen LogP contribution is -2.49. The Balaban J connectivity index is 1.16. The average Bonchev–Trinajstić information content (AvgIpc) is 3.70. The van der Waals surface area contributed by atoms with Gasteiger partial charge >= 0.3 is 18.1 Å². The molecule has 2 aliphatic rings. The number of carboxylic acids is 1. The molecule has 1 saturated carbocycles. The fraction of sp³-hybridized carbons (Fsp3) is 0.475. The number of aromatic carboxylic acids is 1. The van der Waals surface area contributed by atoms with Gasteiger partial charge in [0.25, 0.3) is 0 Å². The van der Waals surface area contributed by atoms with Gasteiger partial charge in [0, 0.05) is 75.4 Å². The van der Waals surface area contributed by atoms with E-state index >= 15 is 4.39 Å². The van der Waals surface area contributed by atoms with Crippen molar-refractivity contribution in [3.05, 3.63) is 69.8 Å². The monoisotopic (exact) mass is 791 g/mol. The molecule has 2 fully saturated rings. The van der Waals surface area contributed by atoms with Crippen LogP contribution in [-0.4, -0.2) is 89.5 Å². The number of aromatic nitrogens is 1. The van der Waals surface area contributed by atoms with Crippen molar-refractivity contribution < 1.29 is 43.0 Å². The Morgan fingerprint density at radius 3 is 2.28 bits per heavy atom. The van der Waals surface area contributed by atoms with Crippen LogP contribution in [0.3, 0.4) is 0 Å². The maximum atomic E-state index is 15.3. The van der Waals surface area contributed by atoms with Crippen molar-refractivity contribution in [3.63, 3.8) is 0 Å². The largest absolute Gasteiger partial charge is 0.477 e. The predicted octanol–water partition coefficient (Wildman–Crippen LogP) is 3.98. The summed E-state index contributed by atoms with van der Waals surface area (Å²) in [6.07, 6.45) is 3.61. The number of hydrogen-bond donors (Lipinski definition) is 5. The van der Waals surface area contributed by atoms with Gasteiger partial charge < -0.3 is 45.9 Å². The molecule has 6 N–H and O–H groups in total. The quantitative estimate of drug-likeness (QED) is 0.104. The van der Waals surface area contributed by atoms with Crippen LogP contribution in [0.25, 0.3) is 10.9 Å². The first kappa shape index (κ1) is 42.1. The Morgan fingerprint density at radius 2 is 1.67 bits per heavy atom. The number of pyridine rings is 1. The van der Waals surface area contributed by atoms with Crippen molar-refractivity contribution in [2.24, 2.45) is 17.1 Å². The number of nitrogens with zero attached hydrogens (tertiary/aromatic N) is 3. The molecule has 1 saturated heterocycles. The van der Waals surface area contributed by atoms with E-state index in [2.05, 4.69) is 16.0 Å². The van der Waals surface area contributed by atoms with E-state index in [0.29, 0.717) is 49.1 Å². The molecular formula is C40H50FN7O9. The maximum Gasteiger partial charge on any atom is 0.410 e. The zero-order chi connectivity index (χ0) is 41.3. The van der Waals surface area contributed by atoms with Gasteiger partial charge in [0.1, 0.15) is 29.2 Å². The minimum absolute atomic E-state index is 0.0234. The second-order valence-corrected chi connectivity index (χ2v) is 14.4. The molecule has 0 radical (unpaired) electrons. The predicted molar refractivity (Wildman–Crippen MR) is 209 cm³/mol. The second-order valence-electron chi connectivity index (χ2n) is 14.4. The van der Waals surface area contributed by atoms with E-state index < -0.39 is 52.1 Å². The first-order chi connectivity index (χ1) is 27.3. The molecule has 16 nitrogen and oxygen atoms in total. The molecule has 0 unspecified atom stereocenters. The summed E-state index contributed by atoms with van der Waals surface area (Å²) < 4.78 is 22.4. The normalized spacial score (nSPS) is 15.5. The number of ether oxygens (including phenoxy) is 1. The summed E-state index contributed by atoms with van der Waals surface area (Å²) in [5.41, 5.74) is 4.59. The minimum atomic E-state index is -1.38. The number of benzene rings is 2. The number of halogens is 1. The number of ketones is 1. The number of fused-ring (bicyclic) bond motifs is 1. The third-order valence-electron chi connectivity index (χ3n) is 10.8. The molecule has 0 spiro atoms. The fourth-order valence-corrected chi connectivity index (χ4v) is 7.60. The van der Waals surface area contributed by atoms with Crippen LogP contribution in [0.5, 0.6) is 0 Å². The van der Waals surface area contributed by atoms with Gasteiger partial charge in [0.2, 0.25) is 17.2 Å². The highest BCUT2D eigenvalue weighted by atomic mass is 19.1. The third-order valence-corrected chi connectivity index (χ3v) is 10.8. The van der Waals surface area contributed by atoms with E-state index in [0.717, 1.165) is 18.9 Å². The van der Waals surface area contributed by atoms with Gasteiger partial charge in [-0.15, -0.1) is 0 Å². The number of rotatable bonds is 16. The van der Waals surface area contributed by atoms with Crippen molar-refractivity contribution in [2.75, 3.05) is 49.5 Å². The van der Waals surface area contributed by atoms with Gasteiger partial charge in [-0.1, -0.05) is 25.0 Å². The number of hydrogen-bond acceptors (Lipinski definition) is 9. The van der Waals surface area contributed by atoms with Gasteiger partial charge in [-0.2, -0.15) is 0 Å². The van der Waals surface area contributed by atoms with Gasteiger partial charge in [-0.05, 0) is 69.4 Å². The first-order valence-electron chi connectivity index (χ1n) is 19.3. The lowest BCUT2D eigenvalue weighted by Gasteiger charge is -2.35. The second kappa shape index (κ2) is 18.8. The van der Waals surface area contributed by atoms with Crippen molar-refractivity contribution in [1.82, 2.24) is 20.1 Å². The Hall–Kier alpha value is -6.00. The van der Waals surface area contributed by atoms with Crippen LogP contribution >= 0.6 is 0 Å². The number of aryl methyl sites for hydroxylation is 1. The summed E-state index contributed by atoms with van der Waals surface area (Å²) in [5.74, 6) is -3.79. The lowest BCUT2D eigenvalue weighted by molar-refractivity contribution is -0.143. The molecule has 5 amide bonds. The molecule has 1 aliphatic heterocycles. The molecule has 2 heterocycles. The number of carbonyl (C=O) groups is 6. The van der Waals surface area contributed by atoms with E-state index in [1.807, 2.05) is 0 Å². The zero-order valence-electron chi connectivity index (χ0n) is 32.2. The van der Waals surface area contributed by atoms with E-state index in [-0.39, 0.29) is 74.9 Å². The highest BCUT2D eigenvalue weighted by Gasteiger charge is 2.48. The number of carboxylic acid groups (broad SMARTS) is 1. The number of urea groups is 1. The molecule has 0 bridgehead atoms. The van der Waals surface area contributed by atoms with Gasteiger partial charge in [-0.3, -0.25) is 19.2 Å². The molecule has 5 rings (SSSR count). The fourth-order valence-electron chi connectivity index (χ4n) is 7.60. The summed E-state index contributed by atoms with van der Waals surface area (Å²) in [6.45, 7) is 5.58. The van der Waals surface area contributed by atoms with Crippen LogP contribution < -0.4 is 32.0 Å². The first-order valence-corrected chi connectivity index (χ1v) is 19.3. The Bertz CT molecular complexity index is 2060. The molecule has 1 aliphatic carbocycles. The number of Topliss-reactive ketones (excluding diaryl/α,β-unsaturated/α-hetero) is 1. The number of primary amides is 1. The topological polar surface area (TPSA) is 222 Å². The maximum absolute atomic E-state index is 15.3. The Labute approximate surface area is 328 Å². The smallest absolute Gasteiger partial charge is 0.410 e. The SMILES string of the molecule is CCNC(=O)C1(C(=O)C[C@@H](CCCNC(N)=O)C(=O)Nc2ccc(COC(=O)N3CCN(c4cc5c(cc4F)c(=O)c(C(=O)O)cn5CC)CC3)cc2)CCCC1. The van der Waals surface area contributed by atoms with Crippen LogP contribution in [0, 0.1) is 17.2 Å². The van der Waals surface area contributed by atoms with E-state index in [9.17, 15) is 38.7 Å². The number of nitrogens with two attached hydrogens (primary N) is 1. The van der Waals surface area contributed by atoms with Crippen LogP contribution in [-0.2, 0) is 32.3 Å². The third kappa shape index (κ3) is 9.88. The average molecular weight is 792 g/mol. The molecular weight excluding hydrogens is 741 g/mol. The van der Waals surface area contributed by atoms with Crippen LogP contribution in [0.15, 0.2) is 47.4 Å². The highest BCUT2D eigenvalue weighted by Crippen LogP contribution is 2.41. The lowest BCUT2D eigenvalue weighted by atomic mass is 9.76. The van der Waals surface area contributed by atoms with Crippen LogP contribution in [0.4, 0.5) is 25.4 Å². The van der Waals surface area contributed by atoms with Gasteiger partial charge in [0.15, 0.2) is 0 Å². The summed E-state index contributed by atoms with van der Waals surface area (Å²) in [5, 5.41) is 17.5. The Kier molecular flexibility index (Phi) is 13.9. The van der Waals surface area contributed by atoms with Crippen LogP contribution in [0.2, 0.25) is 0 Å². The summed E-state index contributed by atoms with van der Waals surface area (Å²) in [4.78, 5) is 91.9. The molecule has 17 heteroatoms. The van der Waals surface area contributed by atoms with E-state index in [4.69, 9.17) is 10.5 Å². The molecule has 1 aromatic heterocycles. The van der Waals surface area contributed by atoms with Crippen molar-refractivity contribution in [1.29, 1.82) is 0 Å². The van der Waals surface area contributed by atoms with E-state index in [1.54, 1.807) is 47.6 Å². The number of amides is 5. The molecule has 57 heavy (non-hydrogen) atoms. The van der Waals surface area contributed by atoms with Crippen LogP contribution in [0.1, 0.15) is 74.7 Å². The number of nitrogens with one attached hydrogen (secondary N) is 3.